The normalized spacial score (nSPS) is 28.6. The Bertz CT molecular complexity index is 553. The number of amides is 3. The number of rotatable bonds is 3. The van der Waals surface area contributed by atoms with Gasteiger partial charge < -0.3 is 20.3 Å². The second-order valence-electron chi connectivity index (χ2n) is 8.43. The third-order valence-electron chi connectivity index (χ3n) is 5.55. The molecule has 1 saturated heterocycles. The summed E-state index contributed by atoms with van der Waals surface area (Å²) in [5, 5.41) is 5.19. The van der Waals surface area contributed by atoms with Gasteiger partial charge in [0.25, 0.3) is 0 Å². The van der Waals surface area contributed by atoms with Crippen LogP contribution in [0.4, 0.5) is 4.79 Å². The molecule has 7 heteroatoms. The summed E-state index contributed by atoms with van der Waals surface area (Å²) in [6.45, 7) is 10.4. The number of likely N-dealkylation sites (tertiary alicyclic amines) is 1. The molecule has 1 saturated carbocycles. The minimum absolute atomic E-state index is 0.0427. The van der Waals surface area contributed by atoms with E-state index in [1.807, 2.05) is 20.8 Å². The molecule has 3 amide bonds. The smallest absolute Gasteiger partial charge is 0.328 e. The Morgan fingerprint density at radius 2 is 1.83 bits per heavy atom. The zero-order chi connectivity index (χ0) is 18.4. The van der Waals surface area contributed by atoms with E-state index in [1.165, 1.54) is 14.2 Å². The average Bonchev–Trinajstić information content (AvgIpc) is 2.87. The number of esters is 1. The molecule has 0 radical (unpaired) electrons. The molecule has 0 bridgehead atoms. The first-order valence-corrected chi connectivity index (χ1v) is 8.33. The molecule has 1 heterocycles. The van der Waals surface area contributed by atoms with Crippen LogP contribution in [0.25, 0.3) is 0 Å². The maximum Gasteiger partial charge on any atom is 0.328 e. The Morgan fingerprint density at radius 1 is 1.25 bits per heavy atom. The molecule has 4 atom stereocenters. The van der Waals surface area contributed by atoms with E-state index in [2.05, 4.69) is 24.5 Å². The third-order valence-corrected chi connectivity index (χ3v) is 5.55. The monoisotopic (exact) mass is 339 g/mol. The second-order valence-corrected chi connectivity index (χ2v) is 8.43. The number of nitrogens with one attached hydrogen (secondary N) is 2. The predicted octanol–water partition coefficient (Wildman–Crippen LogP) is 0.986. The van der Waals surface area contributed by atoms with E-state index in [0.29, 0.717) is 12.5 Å². The van der Waals surface area contributed by atoms with Crippen LogP contribution in [-0.2, 0) is 14.3 Å². The van der Waals surface area contributed by atoms with Crippen LogP contribution < -0.4 is 10.6 Å². The number of fused-ring (bicyclic) bond motifs is 1. The summed E-state index contributed by atoms with van der Waals surface area (Å²) in [6.07, 6.45) is 0. The van der Waals surface area contributed by atoms with Gasteiger partial charge in [0.15, 0.2) is 0 Å². The maximum absolute atomic E-state index is 13.1. The van der Waals surface area contributed by atoms with E-state index in [4.69, 9.17) is 4.74 Å². The van der Waals surface area contributed by atoms with E-state index >= 15 is 0 Å². The van der Waals surface area contributed by atoms with Crippen molar-refractivity contribution in [3.8, 4) is 0 Å². The van der Waals surface area contributed by atoms with Crippen LogP contribution in [0.2, 0.25) is 0 Å². The van der Waals surface area contributed by atoms with Gasteiger partial charge in [0.1, 0.15) is 12.1 Å². The van der Waals surface area contributed by atoms with E-state index in [1.54, 1.807) is 4.90 Å². The highest BCUT2D eigenvalue weighted by molar-refractivity contribution is 5.92. The molecule has 2 fully saturated rings. The van der Waals surface area contributed by atoms with Gasteiger partial charge >= 0.3 is 12.0 Å². The van der Waals surface area contributed by atoms with Crippen molar-refractivity contribution >= 4 is 17.9 Å². The molecule has 0 aromatic heterocycles. The largest absolute Gasteiger partial charge is 0.467 e. The number of urea groups is 1. The lowest BCUT2D eigenvalue weighted by Gasteiger charge is -2.37. The van der Waals surface area contributed by atoms with Crippen molar-refractivity contribution in [3.63, 3.8) is 0 Å². The number of hydrogen-bond acceptors (Lipinski definition) is 4. The van der Waals surface area contributed by atoms with Crippen LogP contribution in [0.3, 0.4) is 0 Å². The summed E-state index contributed by atoms with van der Waals surface area (Å²) in [5.74, 6) is -0.195. The molecule has 1 aliphatic heterocycles. The van der Waals surface area contributed by atoms with Gasteiger partial charge in [0.05, 0.1) is 7.11 Å². The van der Waals surface area contributed by atoms with Crippen molar-refractivity contribution in [2.24, 2.45) is 22.7 Å². The number of piperidine rings is 1. The molecule has 0 aromatic rings. The summed E-state index contributed by atoms with van der Waals surface area (Å²) >= 11 is 0. The highest BCUT2D eigenvalue weighted by Gasteiger charge is 2.70. The maximum atomic E-state index is 13.1. The average molecular weight is 339 g/mol. The summed E-state index contributed by atoms with van der Waals surface area (Å²) in [4.78, 5) is 38.8. The summed E-state index contributed by atoms with van der Waals surface area (Å²) in [6, 6.07) is -1.70. The van der Waals surface area contributed by atoms with Crippen LogP contribution in [0.15, 0.2) is 0 Å². The van der Waals surface area contributed by atoms with Crippen molar-refractivity contribution in [3.05, 3.63) is 0 Å². The van der Waals surface area contributed by atoms with Crippen LogP contribution in [0.1, 0.15) is 34.6 Å². The molecule has 0 spiro atoms. The topological polar surface area (TPSA) is 87.7 Å². The van der Waals surface area contributed by atoms with Gasteiger partial charge in [-0.1, -0.05) is 34.6 Å². The third kappa shape index (κ3) is 2.96. The lowest BCUT2D eigenvalue weighted by Crippen LogP contribution is -2.59. The molecular formula is C17H29N3O4. The number of ether oxygens (including phenoxy) is 1. The van der Waals surface area contributed by atoms with Gasteiger partial charge in [-0.3, -0.25) is 4.79 Å². The number of hydrogen-bond donors (Lipinski definition) is 2. The first kappa shape index (κ1) is 18.5. The van der Waals surface area contributed by atoms with Crippen molar-refractivity contribution in [1.29, 1.82) is 0 Å². The molecule has 1 aliphatic carbocycles. The number of methoxy groups -OCH3 is 1. The fraction of sp³-hybridized carbons (Fsp3) is 0.824. The Labute approximate surface area is 143 Å². The summed E-state index contributed by atoms with van der Waals surface area (Å²) in [7, 11) is 2.85. The van der Waals surface area contributed by atoms with Gasteiger partial charge in [0, 0.05) is 19.5 Å². The molecular weight excluding hydrogens is 310 g/mol. The van der Waals surface area contributed by atoms with E-state index < -0.39 is 23.5 Å². The highest BCUT2D eigenvalue weighted by atomic mass is 16.5. The first-order chi connectivity index (χ1) is 11.0. The van der Waals surface area contributed by atoms with E-state index in [-0.39, 0.29) is 23.2 Å². The fourth-order valence-corrected chi connectivity index (χ4v) is 3.92. The SMILES string of the molecule is CNC(=O)N[C@H](C(=O)N1CC2C([C@H]1C(=O)OC)C2(C)C)C(C)(C)C. The molecule has 24 heavy (non-hydrogen) atoms. The Morgan fingerprint density at radius 3 is 2.29 bits per heavy atom. The molecule has 7 nitrogen and oxygen atoms in total. The highest BCUT2D eigenvalue weighted by Crippen LogP contribution is 2.65. The minimum atomic E-state index is -0.717. The van der Waals surface area contributed by atoms with E-state index in [9.17, 15) is 14.4 Å². The van der Waals surface area contributed by atoms with Crippen LogP contribution in [0, 0.1) is 22.7 Å². The Kier molecular flexibility index (Phi) is 4.59. The second kappa shape index (κ2) is 5.93. The molecule has 0 aromatic carbocycles. The molecule has 2 rings (SSSR count). The Balaban J connectivity index is 2.26. The minimum Gasteiger partial charge on any atom is -0.467 e. The first-order valence-electron chi connectivity index (χ1n) is 8.33. The Hall–Kier alpha value is -1.79. The fourth-order valence-electron chi connectivity index (χ4n) is 3.92. The predicted molar refractivity (Wildman–Crippen MR) is 89.1 cm³/mol. The van der Waals surface area contributed by atoms with Gasteiger partial charge in [-0.05, 0) is 16.7 Å². The summed E-state index contributed by atoms with van der Waals surface area (Å²) in [5.41, 5.74) is -0.437. The van der Waals surface area contributed by atoms with Gasteiger partial charge in [0.2, 0.25) is 5.91 Å². The quantitative estimate of drug-likeness (QED) is 0.751. The zero-order valence-electron chi connectivity index (χ0n) is 15.6. The summed E-state index contributed by atoms with van der Waals surface area (Å²) < 4.78 is 4.94. The lowest BCUT2D eigenvalue weighted by atomic mass is 9.85. The van der Waals surface area contributed by atoms with Gasteiger partial charge in [-0.15, -0.1) is 0 Å². The van der Waals surface area contributed by atoms with E-state index in [0.717, 1.165) is 0 Å². The number of carbonyl (C=O) groups excluding carboxylic acids is 3. The van der Waals surface area contributed by atoms with Gasteiger partial charge in [-0.25, -0.2) is 9.59 Å². The van der Waals surface area contributed by atoms with Crippen LogP contribution in [-0.4, -0.2) is 55.6 Å². The lowest BCUT2D eigenvalue weighted by molar-refractivity contribution is -0.154. The van der Waals surface area contributed by atoms with Crippen LogP contribution in [0.5, 0.6) is 0 Å². The number of carbonyl (C=O) groups is 3. The van der Waals surface area contributed by atoms with Crippen LogP contribution >= 0.6 is 0 Å². The number of nitrogens with zero attached hydrogens (tertiary/aromatic N) is 1. The van der Waals surface area contributed by atoms with Crippen molar-refractivity contribution in [2.75, 3.05) is 20.7 Å². The molecule has 2 aliphatic rings. The standard InChI is InChI=1S/C17H29N3O4/c1-16(2,3)12(19-15(23)18-6)13(21)20-8-9-10(17(9,4)5)11(20)14(22)24-7/h9-12H,8H2,1-7H3,(H2,18,19,23)/t9?,10?,11-,12+/m0/s1. The molecule has 136 valence electrons. The zero-order valence-corrected chi connectivity index (χ0v) is 15.6. The van der Waals surface area contributed by atoms with Gasteiger partial charge in [-0.2, -0.15) is 0 Å². The molecule has 2 unspecified atom stereocenters. The van der Waals surface area contributed by atoms with Crippen molar-refractivity contribution in [2.45, 2.75) is 46.7 Å². The molecule has 2 N–H and O–H groups in total. The van der Waals surface area contributed by atoms with Crippen molar-refractivity contribution < 1.29 is 19.1 Å². The van der Waals surface area contributed by atoms with Crippen molar-refractivity contribution in [1.82, 2.24) is 15.5 Å².